The summed E-state index contributed by atoms with van der Waals surface area (Å²) in [6, 6.07) is 3.13. The Balaban J connectivity index is 2.31. The van der Waals surface area contributed by atoms with E-state index in [-0.39, 0.29) is 11.7 Å². The second kappa shape index (κ2) is 4.70. The molecule has 3 nitrogen and oxygen atoms in total. The average molecular weight is 225 g/mol. The van der Waals surface area contributed by atoms with E-state index in [0.29, 0.717) is 36.8 Å². The molecule has 1 aliphatic heterocycles. The van der Waals surface area contributed by atoms with E-state index in [4.69, 9.17) is 15.2 Å². The summed E-state index contributed by atoms with van der Waals surface area (Å²) in [6.07, 6.45) is 0.760. The van der Waals surface area contributed by atoms with Crippen LogP contribution in [-0.2, 0) is 0 Å². The van der Waals surface area contributed by atoms with E-state index >= 15 is 0 Å². The molecule has 0 spiro atoms. The van der Waals surface area contributed by atoms with Gasteiger partial charge in [0, 0.05) is 6.07 Å². The molecule has 2 N–H and O–H groups in total. The van der Waals surface area contributed by atoms with Crippen LogP contribution in [0.25, 0.3) is 0 Å². The van der Waals surface area contributed by atoms with Gasteiger partial charge in [0.15, 0.2) is 11.5 Å². The Hall–Kier alpha value is -1.29. The molecule has 0 bridgehead atoms. The first kappa shape index (κ1) is 11.2. The molecule has 1 aromatic rings. The molecule has 0 radical (unpaired) electrons. The molecule has 0 amide bonds. The van der Waals surface area contributed by atoms with Crippen LogP contribution >= 0.6 is 0 Å². The number of benzene rings is 1. The van der Waals surface area contributed by atoms with Gasteiger partial charge >= 0.3 is 0 Å². The Morgan fingerprint density at radius 2 is 1.94 bits per heavy atom. The Labute approximate surface area is 94.3 Å². The van der Waals surface area contributed by atoms with Gasteiger partial charge in [-0.3, -0.25) is 0 Å². The van der Waals surface area contributed by atoms with Gasteiger partial charge in [-0.15, -0.1) is 0 Å². The maximum atomic E-state index is 13.8. The first-order valence-corrected chi connectivity index (χ1v) is 5.51. The van der Waals surface area contributed by atoms with E-state index in [2.05, 4.69) is 0 Å². The molecule has 2 rings (SSSR count). The first-order chi connectivity index (χ1) is 7.72. The van der Waals surface area contributed by atoms with Crippen molar-refractivity contribution in [2.45, 2.75) is 19.3 Å². The molecule has 0 fully saturated rings. The van der Waals surface area contributed by atoms with Crippen molar-refractivity contribution in [1.29, 1.82) is 0 Å². The van der Waals surface area contributed by atoms with Crippen molar-refractivity contribution < 1.29 is 13.9 Å². The quantitative estimate of drug-likeness (QED) is 0.856. The Bertz CT molecular complexity index is 382. The lowest BCUT2D eigenvalue weighted by atomic mass is 9.96. The minimum absolute atomic E-state index is 0.0980. The topological polar surface area (TPSA) is 44.5 Å². The molecule has 0 saturated heterocycles. The summed E-state index contributed by atoms with van der Waals surface area (Å²) in [6.45, 7) is 3.50. The maximum Gasteiger partial charge on any atom is 0.164 e. The molecule has 1 heterocycles. The number of ether oxygens (including phenoxy) is 2. The van der Waals surface area contributed by atoms with Crippen molar-refractivity contribution >= 4 is 0 Å². The molecule has 1 aliphatic rings. The smallest absolute Gasteiger partial charge is 0.164 e. The lowest BCUT2D eigenvalue weighted by molar-refractivity contribution is 0.170. The summed E-state index contributed by atoms with van der Waals surface area (Å²) in [4.78, 5) is 0. The fraction of sp³-hybridized carbons (Fsp3) is 0.500. The Kier molecular flexibility index (Phi) is 3.29. The molecule has 1 unspecified atom stereocenters. The number of halogens is 1. The normalized spacial score (nSPS) is 15.9. The van der Waals surface area contributed by atoms with Crippen molar-refractivity contribution in [2.75, 3.05) is 19.8 Å². The Morgan fingerprint density at radius 3 is 2.56 bits per heavy atom. The minimum Gasteiger partial charge on any atom is -0.486 e. The zero-order chi connectivity index (χ0) is 11.5. The van der Waals surface area contributed by atoms with Crippen LogP contribution in [0.15, 0.2) is 12.1 Å². The molecule has 1 aromatic carbocycles. The Morgan fingerprint density at radius 1 is 1.31 bits per heavy atom. The molecular weight excluding hydrogens is 209 g/mol. The molecule has 0 aliphatic carbocycles. The third-order valence-corrected chi connectivity index (χ3v) is 2.79. The number of fused-ring (bicyclic) bond motifs is 1. The second-order valence-electron chi connectivity index (χ2n) is 4.00. The largest absolute Gasteiger partial charge is 0.486 e. The van der Waals surface area contributed by atoms with Crippen LogP contribution in [0.3, 0.4) is 0 Å². The van der Waals surface area contributed by atoms with Gasteiger partial charge in [-0.2, -0.15) is 0 Å². The third-order valence-electron chi connectivity index (χ3n) is 2.79. The molecule has 4 heteroatoms. The third kappa shape index (κ3) is 2.11. The number of hydrogen-bond acceptors (Lipinski definition) is 3. The van der Waals surface area contributed by atoms with E-state index in [1.165, 1.54) is 6.07 Å². The zero-order valence-corrected chi connectivity index (χ0v) is 9.33. The van der Waals surface area contributed by atoms with Crippen LogP contribution in [0.2, 0.25) is 0 Å². The van der Waals surface area contributed by atoms with Gasteiger partial charge in [0.2, 0.25) is 0 Å². The molecule has 1 atom stereocenters. The lowest BCUT2D eigenvalue weighted by Gasteiger charge is -2.21. The lowest BCUT2D eigenvalue weighted by Crippen LogP contribution is -2.16. The summed E-state index contributed by atoms with van der Waals surface area (Å²) in [5.74, 6) is 0.977. The summed E-state index contributed by atoms with van der Waals surface area (Å²) < 4.78 is 24.5. The minimum atomic E-state index is -0.245. The van der Waals surface area contributed by atoms with E-state index in [9.17, 15) is 4.39 Å². The van der Waals surface area contributed by atoms with Crippen LogP contribution in [-0.4, -0.2) is 19.8 Å². The van der Waals surface area contributed by atoms with Gasteiger partial charge in [-0.1, -0.05) is 6.92 Å². The van der Waals surface area contributed by atoms with Crippen LogP contribution < -0.4 is 15.2 Å². The predicted molar refractivity (Wildman–Crippen MR) is 59.5 cm³/mol. The summed E-state index contributed by atoms with van der Waals surface area (Å²) in [5.41, 5.74) is 6.12. The van der Waals surface area contributed by atoms with Crippen molar-refractivity contribution in [2.24, 2.45) is 5.73 Å². The van der Waals surface area contributed by atoms with Gasteiger partial charge in [0.1, 0.15) is 19.0 Å². The number of nitrogens with two attached hydrogens (primary N) is 1. The van der Waals surface area contributed by atoms with Gasteiger partial charge < -0.3 is 15.2 Å². The van der Waals surface area contributed by atoms with Crippen molar-refractivity contribution in [1.82, 2.24) is 0 Å². The average Bonchev–Trinajstić information content (AvgIpc) is 2.28. The zero-order valence-electron chi connectivity index (χ0n) is 9.33. The van der Waals surface area contributed by atoms with Gasteiger partial charge in [0.05, 0.1) is 0 Å². The van der Waals surface area contributed by atoms with Crippen molar-refractivity contribution in [3.8, 4) is 11.5 Å². The summed E-state index contributed by atoms with van der Waals surface area (Å²) in [5, 5.41) is 0. The fourth-order valence-electron chi connectivity index (χ4n) is 1.86. The van der Waals surface area contributed by atoms with Crippen LogP contribution in [0.4, 0.5) is 4.39 Å². The van der Waals surface area contributed by atoms with Crippen LogP contribution in [0.1, 0.15) is 24.8 Å². The highest BCUT2D eigenvalue weighted by atomic mass is 19.1. The van der Waals surface area contributed by atoms with Gasteiger partial charge in [-0.25, -0.2) is 4.39 Å². The SMILES string of the molecule is CC(CCN)c1cc2c(cc1F)OCCO2. The van der Waals surface area contributed by atoms with Crippen LogP contribution in [0, 0.1) is 5.82 Å². The van der Waals surface area contributed by atoms with Crippen molar-refractivity contribution in [3.63, 3.8) is 0 Å². The van der Waals surface area contributed by atoms with Gasteiger partial charge in [0.25, 0.3) is 0 Å². The fourth-order valence-corrected chi connectivity index (χ4v) is 1.86. The highest BCUT2D eigenvalue weighted by Crippen LogP contribution is 2.35. The number of rotatable bonds is 3. The molecule has 0 aromatic heterocycles. The van der Waals surface area contributed by atoms with E-state index in [0.717, 1.165) is 6.42 Å². The summed E-state index contributed by atoms with van der Waals surface area (Å²) in [7, 11) is 0. The molecule has 0 saturated carbocycles. The van der Waals surface area contributed by atoms with Gasteiger partial charge in [-0.05, 0) is 30.5 Å². The number of hydrogen-bond donors (Lipinski definition) is 1. The molecule has 16 heavy (non-hydrogen) atoms. The maximum absolute atomic E-state index is 13.8. The summed E-state index contributed by atoms with van der Waals surface area (Å²) >= 11 is 0. The first-order valence-electron chi connectivity index (χ1n) is 5.51. The standard InChI is InChI=1S/C12H16FNO2/c1-8(2-3-14)9-6-11-12(7-10(9)13)16-5-4-15-11/h6-8H,2-5,14H2,1H3. The second-order valence-corrected chi connectivity index (χ2v) is 4.00. The molecular formula is C12H16FNO2. The monoisotopic (exact) mass is 225 g/mol. The van der Waals surface area contributed by atoms with E-state index in [1.807, 2.05) is 6.92 Å². The molecule has 88 valence electrons. The highest BCUT2D eigenvalue weighted by molar-refractivity contribution is 5.45. The van der Waals surface area contributed by atoms with E-state index < -0.39 is 0 Å². The van der Waals surface area contributed by atoms with E-state index in [1.54, 1.807) is 6.07 Å². The van der Waals surface area contributed by atoms with Crippen molar-refractivity contribution in [3.05, 3.63) is 23.5 Å². The van der Waals surface area contributed by atoms with Crippen LogP contribution in [0.5, 0.6) is 11.5 Å². The highest BCUT2D eigenvalue weighted by Gasteiger charge is 2.18. The predicted octanol–water partition coefficient (Wildman–Crippen LogP) is 2.05.